The van der Waals surface area contributed by atoms with Crippen molar-refractivity contribution in [2.45, 2.75) is 51.2 Å². The molecule has 3 heterocycles. The first-order chi connectivity index (χ1) is 21.7. The molecule has 0 spiro atoms. The van der Waals surface area contributed by atoms with E-state index in [2.05, 4.69) is 16.4 Å². The lowest BCUT2D eigenvalue weighted by Crippen LogP contribution is -2.45. The number of allylic oxidation sites excluding steroid dienone is 1. The lowest BCUT2D eigenvalue weighted by Gasteiger charge is -2.30. The van der Waals surface area contributed by atoms with E-state index in [1.165, 1.54) is 14.9 Å². The predicted molar refractivity (Wildman–Crippen MR) is 173 cm³/mol. The van der Waals surface area contributed by atoms with Crippen molar-refractivity contribution in [2.24, 2.45) is 21.4 Å². The fraction of sp³-hybridized carbons (Fsp3) is 0.294. The number of hydrogen-bond donors (Lipinski definition) is 0. The molecule has 7 rings (SSSR count). The Bertz CT molecular complexity index is 1780. The molecular weight excluding hydrogens is 611 g/mol. The molecule has 1 aliphatic carbocycles. The summed E-state index contributed by atoms with van der Waals surface area (Å²) in [6.45, 7) is 3.46. The minimum atomic E-state index is -1.00. The topological polar surface area (TPSA) is 98.0 Å². The Morgan fingerprint density at radius 3 is 2.27 bits per heavy atom. The summed E-state index contributed by atoms with van der Waals surface area (Å²) in [7, 11) is 0. The average molecular weight is 642 g/mol. The number of amides is 3. The molecule has 1 saturated heterocycles. The van der Waals surface area contributed by atoms with Gasteiger partial charge in [-0.3, -0.25) is 19.4 Å². The molecule has 4 aliphatic rings. The Kier molecular flexibility index (Phi) is 7.54. The van der Waals surface area contributed by atoms with Crippen LogP contribution < -0.4 is 4.90 Å². The van der Waals surface area contributed by atoms with Gasteiger partial charge in [-0.15, -0.1) is 0 Å². The summed E-state index contributed by atoms with van der Waals surface area (Å²) in [5.74, 6) is -1.24. The summed E-state index contributed by atoms with van der Waals surface area (Å²) < 4.78 is 0. The number of anilines is 1. The van der Waals surface area contributed by atoms with Crippen molar-refractivity contribution >= 4 is 58.4 Å². The highest BCUT2D eigenvalue weighted by molar-refractivity contribution is 6.31. The highest BCUT2D eigenvalue weighted by Crippen LogP contribution is 2.45. The van der Waals surface area contributed by atoms with Gasteiger partial charge >= 0.3 is 0 Å². The van der Waals surface area contributed by atoms with E-state index < -0.39 is 23.9 Å². The van der Waals surface area contributed by atoms with Gasteiger partial charge in [0.25, 0.3) is 17.7 Å². The molecule has 9 nitrogen and oxygen atoms in total. The summed E-state index contributed by atoms with van der Waals surface area (Å²) in [6.07, 6.45) is 4.75. The zero-order chi connectivity index (χ0) is 31.4. The Labute approximate surface area is 270 Å². The molecule has 3 aromatic rings. The van der Waals surface area contributed by atoms with Crippen LogP contribution in [0.25, 0.3) is 6.08 Å². The van der Waals surface area contributed by atoms with Crippen molar-refractivity contribution < 1.29 is 14.4 Å². The number of hydrogen-bond acceptors (Lipinski definition) is 7. The van der Waals surface area contributed by atoms with Crippen LogP contribution in [0.3, 0.4) is 0 Å². The SMILES string of the molecule is Cc1cccc(C)c1N1C(=O)[C@H]2N=NN(CC(=O)N3N=C4/C(=C/c5ccc(Cl)cc5)CCC[C@H]4[C@H]3c3ccc(Cl)cc3)[C@H]2C1=O. The molecule has 45 heavy (non-hydrogen) atoms. The van der Waals surface area contributed by atoms with E-state index in [0.717, 1.165) is 52.8 Å². The van der Waals surface area contributed by atoms with Crippen molar-refractivity contribution in [3.63, 3.8) is 0 Å². The van der Waals surface area contributed by atoms with Gasteiger partial charge in [0.05, 0.1) is 17.4 Å². The smallest absolute Gasteiger partial charge is 0.264 e. The van der Waals surface area contributed by atoms with Crippen LogP contribution >= 0.6 is 23.2 Å². The van der Waals surface area contributed by atoms with Gasteiger partial charge in [-0.1, -0.05) is 70.9 Å². The quantitative estimate of drug-likeness (QED) is 0.289. The molecular formula is C34H30Cl2N6O3. The molecule has 11 heteroatoms. The Morgan fingerprint density at radius 2 is 1.58 bits per heavy atom. The van der Waals surface area contributed by atoms with Gasteiger partial charge in [0.15, 0.2) is 12.1 Å². The molecule has 4 atom stereocenters. The number of aryl methyl sites for hydroxylation is 2. The van der Waals surface area contributed by atoms with E-state index in [4.69, 9.17) is 28.3 Å². The van der Waals surface area contributed by atoms with Gasteiger partial charge in [-0.05, 0) is 91.3 Å². The summed E-state index contributed by atoms with van der Waals surface area (Å²) >= 11 is 12.3. The second-order valence-electron chi connectivity index (χ2n) is 11.9. The van der Waals surface area contributed by atoms with Crippen molar-refractivity contribution in [3.8, 4) is 0 Å². The second kappa shape index (κ2) is 11.5. The maximum Gasteiger partial charge on any atom is 0.264 e. The normalized spacial score (nSPS) is 24.8. The number of nitrogens with zero attached hydrogens (tertiary/aromatic N) is 6. The minimum Gasteiger partial charge on any atom is -0.271 e. The number of hydrazone groups is 1. The highest BCUT2D eigenvalue weighted by Gasteiger charge is 2.56. The van der Waals surface area contributed by atoms with Gasteiger partial charge in [-0.2, -0.15) is 10.2 Å². The number of fused-ring (bicyclic) bond motifs is 2. The molecule has 0 radical (unpaired) electrons. The van der Waals surface area contributed by atoms with E-state index in [-0.39, 0.29) is 24.4 Å². The van der Waals surface area contributed by atoms with E-state index in [9.17, 15) is 14.4 Å². The van der Waals surface area contributed by atoms with Crippen LogP contribution in [0.5, 0.6) is 0 Å². The van der Waals surface area contributed by atoms with Crippen LogP contribution in [-0.4, -0.2) is 52.1 Å². The van der Waals surface area contributed by atoms with E-state index >= 15 is 0 Å². The fourth-order valence-corrected chi connectivity index (χ4v) is 7.16. The number of imide groups is 1. The molecule has 3 amide bonds. The molecule has 1 saturated carbocycles. The number of halogens is 2. The zero-order valence-electron chi connectivity index (χ0n) is 24.7. The maximum atomic E-state index is 14.1. The van der Waals surface area contributed by atoms with Gasteiger partial charge < -0.3 is 0 Å². The first kappa shape index (κ1) is 29.4. The predicted octanol–water partition coefficient (Wildman–Crippen LogP) is 6.73. The number of benzene rings is 3. The van der Waals surface area contributed by atoms with Gasteiger partial charge in [-0.25, -0.2) is 9.91 Å². The van der Waals surface area contributed by atoms with E-state index in [1.54, 1.807) is 0 Å². The maximum absolute atomic E-state index is 14.1. The van der Waals surface area contributed by atoms with E-state index in [0.29, 0.717) is 15.7 Å². The Morgan fingerprint density at radius 1 is 0.911 bits per heavy atom. The highest BCUT2D eigenvalue weighted by atomic mass is 35.5. The number of rotatable bonds is 5. The third kappa shape index (κ3) is 5.14. The Hall–Kier alpha value is -4.34. The van der Waals surface area contributed by atoms with Gasteiger partial charge in [0, 0.05) is 16.0 Å². The number of para-hydroxylation sites is 1. The van der Waals surface area contributed by atoms with Crippen molar-refractivity contribution in [2.75, 3.05) is 11.4 Å². The summed E-state index contributed by atoms with van der Waals surface area (Å²) in [4.78, 5) is 42.5. The first-order valence-electron chi connectivity index (χ1n) is 15.0. The van der Waals surface area contributed by atoms with Crippen LogP contribution in [0.1, 0.15) is 47.6 Å². The molecule has 3 aliphatic heterocycles. The Balaban J connectivity index is 1.19. The summed E-state index contributed by atoms with van der Waals surface area (Å²) in [5.41, 5.74) is 6.04. The molecule has 3 aromatic carbocycles. The molecule has 0 unspecified atom stereocenters. The van der Waals surface area contributed by atoms with Gasteiger partial charge in [0.1, 0.15) is 6.54 Å². The lowest BCUT2D eigenvalue weighted by atomic mass is 9.77. The van der Waals surface area contributed by atoms with Crippen molar-refractivity contribution in [1.82, 2.24) is 10.0 Å². The average Bonchev–Trinajstić information content (AvgIpc) is 3.69. The molecule has 0 aromatic heterocycles. The van der Waals surface area contributed by atoms with Gasteiger partial charge in [0.2, 0.25) is 0 Å². The molecule has 0 N–H and O–H groups in total. The minimum absolute atomic E-state index is 0.0235. The first-order valence-corrected chi connectivity index (χ1v) is 15.7. The molecule has 228 valence electrons. The monoisotopic (exact) mass is 640 g/mol. The summed E-state index contributed by atoms with van der Waals surface area (Å²) in [6, 6.07) is 18.4. The lowest BCUT2D eigenvalue weighted by molar-refractivity contribution is -0.136. The van der Waals surface area contributed by atoms with Crippen LogP contribution in [0.4, 0.5) is 5.69 Å². The van der Waals surface area contributed by atoms with Crippen LogP contribution in [0.2, 0.25) is 10.0 Å². The summed E-state index contributed by atoms with van der Waals surface area (Å²) in [5, 5.41) is 17.4. The number of carbonyl (C=O) groups excluding carboxylic acids is 3. The third-order valence-corrected chi connectivity index (χ3v) is 9.50. The zero-order valence-corrected chi connectivity index (χ0v) is 26.2. The standard InChI is InChI=1S/C34H30Cl2N6O3/c1-19-5-3-6-20(2)30(19)41-33(44)29-32(34(41)45)40(39-37-29)18-27(43)42-31(22-11-15-25(36)16-12-22)26-8-4-7-23(28(26)38-42)17-21-9-13-24(35)14-10-21/h3,5-6,9-17,26,29,31-32H,4,7-8,18H2,1-2H3/b23-17+/t26-,29+,31-,32-/m1/s1. The van der Waals surface area contributed by atoms with Crippen LogP contribution in [0.15, 0.2) is 87.7 Å². The van der Waals surface area contributed by atoms with Crippen LogP contribution in [0, 0.1) is 19.8 Å². The van der Waals surface area contributed by atoms with E-state index in [1.807, 2.05) is 80.6 Å². The van der Waals surface area contributed by atoms with Crippen molar-refractivity contribution in [1.29, 1.82) is 0 Å². The third-order valence-electron chi connectivity index (χ3n) is 9.00. The second-order valence-corrected chi connectivity index (χ2v) is 12.8. The molecule has 2 fully saturated rings. The van der Waals surface area contributed by atoms with Crippen molar-refractivity contribution in [3.05, 3.63) is 105 Å². The largest absolute Gasteiger partial charge is 0.271 e. The molecule has 0 bridgehead atoms. The number of carbonyl (C=O) groups is 3. The fourth-order valence-electron chi connectivity index (χ4n) is 6.90. The van der Waals surface area contributed by atoms with Crippen LogP contribution in [-0.2, 0) is 14.4 Å².